The number of nitriles is 1. The minimum absolute atomic E-state index is 0.0102. The molecule has 0 aliphatic heterocycles. The molecule has 0 bridgehead atoms. The third-order valence-corrected chi connectivity index (χ3v) is 1.63. The van der Waals surface area contributed by atoms with E-state index >= 15 is 0 Å². The van der Waals surface area contributed by atoms with E-state index in [0.717, 1.165) is 0 Å². The first-order valence-corrected chi connectivity index (χ1v) is 4.03. The quantitative estimate of drug-likeness (QED) is 0.728. The Hall–Kier alpha value is -1.89. The van der Waals surface area contributed by atoms with Gasteiger partial charge in [0, 0.05) is 18.2 Å². The molecule has 0 saturated carbocycles. The summed E-state index contributed by atoms with van der Waals surface area (Å²) in [5.74, 6) is 1.83. The summed E-state index contributed by atoms with van der Waals surface area (Å²) >= 11 is 0. The summed E-state index contributed by atoms with van der Waals surface area (Å²) in [6.07, 6.45) is 0. The van der Waals surface area contributed by atoms with Gasteiger partial charge in [-0.3, -0.25) is 0 Å². The Labute approximate surface area is 82.6 Å². The molecule has 0 heterocycles. The van der Waals surface area contributed by atoms with Crippen LogP contribution in [-0.4, -0.2) is 20.8 Å². The van der Waals surface area contributed by atoms with E-state index < -0.39 is 0 Å². The lowest BCUT2D eigenvalue weighted by Gasteiger charge is -2.07. The molecule has 0 saturated heterocycles. The number of nitrogens with zero attached hydrogens (tertiary/aromatic N) is 1. The van der Waals surface area contributed by atoms with Gasteiger partial charge in [-0.05, 0) is 0 Å². The highest BCUT2D eigenvalue weighted by Gasteiger charge is 2.01. The highest BCUT2D eigenvalue weighted by atomic mass is 16.5. The Morgan fingerprint density at radius 1 is 1.07 bits per heavy atom. The number of methoxy groups -OCH3 is 2. The smallest absolute Gasteiger partial charge is 0.174 e. The van der Waals surface area contributed by atoms with Crippen molar-refractivity contribution < 1.29 is 14.2 Å². The third kappa shape index (κ3) is 2.56. The minimum Gasteiger partial charge on any atom is -0.496 e. The molecule has 0 atom stereocenters. The Morgan fingerprint density at radius 3 is 2.00 bits per heavy atom. The third-order valence-electron chi connectivity index (χ3n) is 1.63. The lowest BCUT2D eigenvalue weighted by molar-refractivity contribution is 0.352. The number of hydrogen-bond acceptors (Lipinski definition) is 4. The van der Waals surface area contributed by atoms with Crippen LogP contribution >= 0.6 is 0 Å². The Morgan fingerprint density at radius 2 is 1.57 bits per heavy atom. The predicted octanol–water partition coefficient (Wildman–Crippen LogP) is 1.61. The highest BCUT2D eigenvalue weighted by molar-refractivity contribution is 5.42. The normalized spacial score (nSPS) is 8.93. The van der Waals surface area contributed by atoms with Crippen LogP contribution in [-0.2, 0) is 0 Å². The van der Waals surface area contributed by atoms with Crippen molar-refractivity contribution in [1.29, 1.82) is 5.26 Å². The highest BCUT2D eigenvalue weighted by Crippen LogP contribution is 2.27. The summed E-state index contributed by atoms with van der Waals surface area (Å²) < 4.78 is 15.2. The van der Waals surface area contributed by atoms with E-state index in [9.17, 15) is 0 Å². The van der Waals surface area contributed by atoms with Crippen LogP contribution in [0.25, 0.3) is 0 Å². The second kappa shape index (κ2) is 4.97. The molecule has 4 nitrogen and oxygen atoms in total. The van der Waals surface area contributed by atoms with Crippen LogP contribution in [0.3, 0.4) is 0 Å². The molecule has 0 amide bonds. The van der Waals surface area contributed by atoms with E-state index in [2.05, 4.69) is 0 Å². The molecule has 4 heteroatoms. The van der Waals surface area contributed by atoms with Gasteiger partial charge < -0.3 is 14.2 Å². The van der Waals surface area contributed by atoms with Crippen molar-refractivity contribution >= 4 is 0 Å². The second-order valence-electron chi connectivity index (χ2n) is 2.50. The molecule has 14 heavy (non-hydrogen) atoms. The SMILES string of the molecule is COc1cc(OC)cc(OCC#N)c1. The second-order valence-corrected chi connectivity index (χ2v) is 2.50. The number of ether oxygens (including phenoxy) is 3. The zero-order chi connectivity index (χ0) is 10.4. The summed E-state index contributed by atoms with van der Waals surface area (Å²) in [6.45, 7) is 0.0102. The molecule has 74 valence electrons. The maximum absolute atomic E-state index is 8.34. The lowest BCUT2D eigenvalue weighted by atomic mass is 10.3. The zero-order valence-corrected chi connectivity index (χ0v) is 8.11. The fraction of sp³-hybridized carbons (Fsp3) is 0.300. The molecule has 0 fully saturated rings. The first-order valence-electron chi connectivity index (χ1n) is 4.03. The van der Waals surface area contributed by atoms with Crippen molar-refractivity contribution in [3.8, 4) is 23.3 Å². The Balaban J connectivity index is 2.87. The summed E-state index contributed by atoms with van der Waals surface area (Å²) in [5, 5.41) is 8.34. The molecule has 1 aromatic rings. The van der Waals surface area contributed by atoms with Crippen LogP contribution in [0.2, 0.25) is 0 Å². The van der Waals surface area contributed by atoms with E-state index in [1.807, 2.05) is 6.07 Å². The molecule has 0 aromatic heterocycles. The van der Waals surface area contributed by atoms with Crippen molar-refractivity contribution in [3.05, 3.63) is 18.2 Å². The first-order chi connectivity index (χ1) is 6.80. The molecular formula is C10H11NO3. The Bertz CT molecular complexity index is 321. The standard InChI is InChI=1S/C10H11NO3/c1-12-8-5-9(13-2)7-10(6-8)14-4-3-11/h5-7H,4H2,1-2H3. The van der Waals surface area contributed by atoms with Crippen molar-refractivity contribution in [1.82, 2.24) is 0 Å². The van der Waals surface area contributed by atoms with Gasteiger partial charge in [-0.1, -0.05) is 0 Å². The van der Waals surface area contributed by atoms with Crippen LogP contribution in [0.5, 0.6) is 17.2 Å². The summed E-state index contributed by atoms with van der Waals surface area (Å²) in [4.78, 5) is 0. The number of rotatable bonds is 4. The van der Waals surface area contributed by atoms with Crippen molar-refractivity contribution in [2.45, 2.75) is 0 Å². The topological polar surface area (TPSA) is 51.5 Å². The van der Waals surface area contributed by atoms with Crippen LogP contribution in [0, 0.1) is 11.3 Å². The van der Waals surface area contributed by atoms with E-state index in [1.165, 1.54) is 0 Å². The molecule has 0 N–H and O–H groups in total. The van der Waals surface area contributed by atoms with Crippen molar-refractivity contribution in [2.24, 2.45) is 0 Å². The van der Waals surface area contributed by atoms with Crippen molar-refractivity contribution in [2.75, 3.05) is 20.8 Å². The first kappa shape index (κ1) is 10.2. The van der Waals surface area contributed by atoms with Gasteiger partial charge in [0.1, 0.15) is 23.3 Å². The molecule has 0 unspecified atom stereocenters. The molecule has 0 spiro atoms. The van der Waals surface area contributed by atoms with Gasteiger partial charge in [0.2, 0.25) is 0 Å². The maximum atomic E-state index is 8.34. The fourth-order valence-corrected chi connectivity index (χ4v) is 0.980. The summed E-state index contributed by atoms with van der Waals surface area (Å²) in [6, 6.07) is 7.01. The van der Waals surface area contributed by atoms with Crippen LogP contribution in [0.15, 0.2) is 18.2 Å². The average Bonchev–Trinajstić information content (AvgIpc) is 2.25. The van der Waals surface area contributed by atoms with Crippen LogP contribution < -0.4 is 14.2 Å². The van der Waals surface area contributed by atoms with E-state index in [0.29, 0.717) is 17.2 Å². The van der Waals surface area contributed by atoms with Crippen LogP contribution in [0.1, 0.15) is 0 Å². The van der Waals surface area contributed by atoms with Gasteiger partial charge >= 0.3 is 0 Å². The zero-order valence-electron chi connectivity index (χ0n) is 8.11. The molecular weight excluding hydrogens is 182 g/mol. The summed E-state index contributed by atoms with van der Waals surface area (Å²) in [7, 11) is 3.12. The van der Waals surface area contributed by atoms with E-state index in [-0.39, 0.29) is 6.61 Å². The van der Waals surface area contributed by atoms with Gasteiger partial charge in [0.25, 0.3) is 0 Å². The average molecular weight is 193 g/mol. The van der Waals surface area contributed by atoms with Gasteiger partial charge in [0.15, 0.2) is 6.61 Å². The predicted molar refractivity (Wildman–Crippen MR) is 50.7 cm³/mol. The molecule has 1 aromatic carbocycles. The molecule has 0 aliphatic carbocycles. The number of hydrogen-bond donors (Lipinski definition) is 0. The fourth-order valence-electron chi connectivity index (χ4n) is 0.980. The van der Waals surface area contributed by atoms with Gasteiger partial charge in [-0.15, -0.1) is 0 Å². The number of benzene rings is 1. The minimum atomic E-state index is 0.0102. The molecule has 0 aliphatic rings. The monoisotopic (exact) mass is 193 g/mol. The van der Waals surface area contributed by atoms with Gasteiger partial charge in [-0.2, -0.15) is 5.26 Å². The lowest BCUT2D eigenvalue weighted by Crippen LogP contribution is -1.95. The maximum Gasteiger partial charge on any atom is 0.174 e. The van der Waals surface area contributed by atoms with Crippen LogP contribution in [0.4, 0.5) is 0 Å². The van der Waals surface area contributed by atoms with Crippen molar-refractivity contribution in [3.63, 3.8) is 0 Å². The summed E-state index contributed by atoms with van der Waals surface area (Å²) in [5.41, 5.74) is 0. The largest absolute Gasteiger partial charge is 0.496 e. The molecule has 0 radical (unpaired) electrons. The molecule has 1 rings (SSSR count). The van der Waals surface area contributed by atoms with Gasteiger partial charge in [0.05, 0.1) is 14.2 Å². The Kier molecular flexibility index (Phi) is 3.62. The van der Waals surface area contributed by atoms with E-state index in [4.69, 9.17) is 19.5 Å². The van der Waals surface area contributed by atoms with Gasteiger partial charge in [-0.25, -0.2) is 0 Å². The van der Waals surface area contributed by atoms with E-state index in [1.54, 1.807) is 32.4 Å².